The Kier molecular flexibility index (Phi) is 5.87. The first-order valence-electron chi connectivity index (χ1n) is 14.2. The maximum atomic E-state index is 13.5. The largest absolute Gasteiger partial charge is 0.491 e. The maximum absolute atomic E-state index is 13.5. The third-order valence-corrected chi connectivity index (χ3v) is 11.9. The summed E-state index contributed by atoms with van der Waals surface area (Å²) >= 11 is 0. The molecule has 0 radical (unpaired) electrons. The summed E-state index contributed by atoms with van der Waals surface area (Å²) in [5.74, 6) is -0.192. The molecule has 8 atom stereocenters. The molecule has 38 heavy (non-hydrogen) atoms. The van der Waals surface area contributed by atoms with Crippen molar-refractivity contribution in [2.24, 2.45) is 34.0 Å². The topological polar surface area (TPSA) is 105 Å². The highest BCUT2D eigenvalue weighted by Gasteiger charge is 2.79. The van der Waals surface area contributed by atoms with Gasteiger partial charge in [-0.2, -0.15) is 0 Å². The van der Waals surface area contributed by atoms with Gasteiger partial charge in [-0.05, 0) is 65.1 Å². The molecule has 0 spiro atoms. The Hall–Kier alpha value is -2.00. The molecule has 2 bridgehead atoms. The molecule has 7 nitrogen and oxygen atoms in total. The number of hydrogen-bond acceptors (Lipinski definition) is 7. The van der Waals surface area contributed by atoms with E-state index in [-0.39, 0.29) is 41.5 Å². The summed E-state index contributed by atoms with van der Waals surface area (Å²) in [5, 5.41) is 25.1. The van der Waals surface area contributed by atoms with E-state index < -0.39 is 29.7 Å². The molecule has 6 rings (SSSR count). The molecule has 1 aromatic rings. The quantitative estimate of drug-likeness (QED) is 0.311. The SMILES string of the molecule is C=C1[C@]2(C)CC(OC(=O)CNCc3ccc4c(c3)B(O)OC4)[C@@]3(C)C4C(=O)CC[C@@]4(CC[C@H]3C)[C@@H](C)[C@@]12O. The summed E-state index contributed by atoms with van der Waals surface area (Å²) < 4.78 is 11.6. The van der Waals surface area contributed by atoms with Crippen LogP contribution in [0, 0.1) is 34.0 Å². The highest BCUT2D eigenvalue weighted by Crippen LogP contribution is 2.77. The fourth-order valence-corrected chi connectivity index (χ4v) is 9.22. The van der Waals surface area contributed by atoms with Crippen molar-refractivity contribution in [3.05, 3.63) is 41.5 Å². The lowest BCUT2D eigenvalue weighted by atomic mass is 9.45. The Morgan fingerprint density at radius 2 is 2.05 bits per heavy atom. The lowest BCUT2D eigenvalue weighted by molar-refractivity contribution is -0.199. The van der Waals surface area contributed by atoms with E-state index in [4.69, 9.17) is 9.39 Å². The number of nitrogens with one attached hydrogen (secondary N) is 1. The lowest BCUT2D eigenvalue weighted by Crippen LogP contribution is -2.61. The number of aliphatic hydroxyl groups is 1. The van der Waals surface area contributed by atoms with Gasteiger partial charge in [-0.25, -0.2) is 0 Å². The van der Waals surface area contributed by atoms with Crippen LogP contribution in [-0.2, 0) is 32.1 Å². The van der Waals surface area contributed by atoms with Crippen LogP contribution in [0.3, 0.4) is 0 Å². The monoisotopic (exact) mass is 521 g/mol. The minimum absolute atomic E-state index is 0.0270. The normalized spacial score (nSPS) is 43.2. The molecule has 1 aromatic carbocycles. The molecule has 2 unspecified atom stereocenters. The van der Waals surface area contributed by atoms with Crippen molar-refractivity contribution in [1.82, 2.24) is 5.32 Å². The third kappa shape index (κ3) is 3.30. The second-order valence-corrected chi connectivity index (χ2v) is 13.2. The van der Waals surface area contributed by atoms with Gasteiger partial charge in [0, 0.05) is 29.7 Å². The van der Waals surface area contributed by atoms with Gasteiger partial charge in [0.05, 0.1) is 18.8 Å². The van der Waals surface area contributed by atoms with E-state index in [1.165, 1.54) is 0 Å². The average Bonchev–Trinajstić information content (AvgIpc) is 3.22. The van der Waals surface area contributed by atoms with Crippen LogP contribution >= 0.6 is 0 Å². The summed E-state index contributed by atoms with van der Waals surface area (Å²) in [6, 6.07) is 5.81. The Bertz CT molecular complexity index is 1220. The molecular weight excluding hydrogens is 481 g/mol. The molecule has 0 aromatic heterocycles. The van der Waals surface area contributed by atoms with Crippen LogP contribution < -0.4 is 10.8 Å². The molecule has 8 heteroatoms. The fourth-order valence-electron chi connectivity index (χ4n) is 9.22. The van der Waals surface area contributed by atoms with Gasteiger partial charge in [-0.1, -0.05) is 52.5 Å². The van der Waals surface area contributed by atoms with Crippen LogP contribution in [-0.4, -0.2) is 47.3 Å². The highest BCUT2D eigenvalue weighted by atomic mass is 16.5. The summed E-state index contributed by atoms with van der Waals surface area (Å²) in [4.78, 5) is 26.8. The predicted octanol–water partition coefficient (Wildman–Crippen LogP) is 2.65. The van der Waals surface area contributed by atoms with E-state index in [1.54, 1.807) is 0 Å². The molecule has 3 N–H and O–H groups in total. The first kappa shape index (κ1) is 26.2. The first-order valence-corrected chi connectivity index (χ1v) is 14.2. The van der Waals surface area contributed by atoms with E-state index in [0.717, 1.165) is 41.4 Å². The summed E-state index contributed by atoms with van der Waals surface area (Å²) in [6.45, 7) is 13.7. The van der Waals surface area contributed by atoms with Gasteiger partial charge < -0.3 is 24.8 Å². The fraction of sp³-hybridized carbons (Fsp3) is 0.667. The number of Topliss-reactive ketones (excluding diaryl/α,β-unsaturated/α-hetero) is 1. The van der Waals surface area contributed by atoms with Crippen LogP contribution in [0.15, 0.2) is 30.4 Å². The zero-order chi connectivity index (χ0) is 27.3. The minimum Gasteiger partial charge on any atom is -0.461 e. The van der Waals surface area contributed by atoms with Crippen molar-refractivity contribution >= 4 is 24.3 Å². The van der Waals surface area contributed by atoms with Gasteiger partial charge in [0.2, 0.25) is 0 Å². The second kappa shape index (κ2) is 8.50. The minimum atomic E-state index is -1.04. The second-order valence-electron chi connectivity index (χ2n) is 13.2. The number of ketones is 1. The van der Waals surface area contributed by atoms with E-state index in [2.05, 4.69) is 32.7 Å². The summed E-state index contributed by atoms with van der Waals surface area (Å²) in [5.41, 5.74) is 1.13. The van der Waals surface area contributed by atoms with E-state index >= 15 is 0 Å². The molecule has 204 valence electrons. The van der Waals surface area contributed by atoms with Gasteiger partial charge in [0.15, 0.2) is 0 Å². The molecule has 1 heterocycles. The van der Waals surface area contributed by atoms with E-state index in [1.807, 2.05) is 25.1 Å². The van der Waals surface area contributed by atoms with Crippen LogP contribution in [0.2, 0.25) is 0 Å². The molecule has 0 amide bonds. The molecular formula is C30H40BNO6. The Morgan fingerprint density at radius 1 is 1.29 bits per heavy atom. The third-order valence-electron chi connectivity index (χ3n) is 11.9. The maximum Gasteiger partial charge on any atom is 0.491 e. The number of hydrogen-bond donors (Lipinski definition) is 3. The summed E-state index contributed by atoms with van der Waals surface area (Å²) in [6.07, 6.45) is 3.16. The highest BCUT2D eigenvalue weighted by molar-refractivity contribution is 6.61. The average molecular weight is 521 g/mol. The Morgan fingerprint density at radius 3 is 2.82 bits per heavy atom. The van der Waals surface area contributed by atoms with Crippen molar-refractivity contribution in [1.29, 1.82) is 0 Å². The van der Waals surface area contributed by atoms with Crippen LogP contribution in [0.1, 0.15) is 70.9 Å². The van der Waals surface area contributed by atoms with Crippen molar-refractivity contribution < 1.29 is 29.1 Å². The van der Waals surface area contributed by atoms with Crippen LogP contribution in [0.5, 0.6) is 0 Å². The zero-order valence-corrected chi connectivity index (χ0v) is 23.0. The molecule has 1 aliphatic heterocycles. The van der Waals surface area contributed by atoms with Crippen LogP contribution in [0.25, 0.3) is 0 Å². The Labute approximate surface area is 225 Å². The van der Waals surface area contributed by atoms with Gasteiger partial charge in [-0.3, -0.25) is 9.59 Å². The molecule has 5 aliphatic rings. The first-order chi connectivity index (χ1) is 17.9. The standard InChI is InChI=1S/C30H40BNO6/c1-17-8-10-29-11-9-23(33)26(29)28(17,5)24(13-27(4)18(2)30(27,35)19(29)3)38-25(34)15-32-14-20-6-7-21-16-37-31(36)22(21)12-20/h6-7,12,17,19,24,26,32,35-36H,2,8-11,13-16H2,1,3-5H3/t17-,19-,24?,26?,27+,28+,29+,30+/m1/s1. The number of fused-ring (bicyclic) bond motifs is 2. The number of ether oxygens (including phenoxy) is 1. The van der Waals surface area contributed by atoms with Crippen molar-refractivity contribution in [2.45, 2.75) is 84.7 Å². The van der Waals surface area contributed by atoms with Crippen molar-refractivity contribution in [3.8, 4) is 0 Å². The zero-order valence-electron chi connectivity index (χ0n) is 23.0. The van der Waals surface area contributed by atoms with E-state index in [0.29, 0.717) is 26.0 Å². The number of carbonyl (C=O) groups excluding carboxylic acids is 2. The van der Waals surface area contributed by atoms with Gasteiger partial charge in [-0.15, -0.1) is 0 Å². The number of carbonyl (C=O) groups is 2. The Balaban J connectivity index is 1.23. The van der Waals surface area contributed by atoms with E-state index in [9.17, 15) is 19.7 Å². The van der Waals surface area contributed by atoms with Gasteiger partial charge >= 0.3 is 13.1 Å². The molecule has 4 aliphatic carbocycles. The van der Waals surface area contributed by atoms with Crippen LogP contribution in [0.4, 0.5) is 0 Å². The lowest BCUT2D eigenvalue weighted by Gasteiger charge is -2.60. The molecule has 0 saturated heterocycles. The summed E-state index contributed by atoms with van der Waals surface area (Å²) in [7, 11) is -0.905. The molecule has 4 fully saturated rings. The van der Waals surface area contributed by atoms with Gasteiger partial charge in [0.1, 0.15) is 11.9 Å². The number of rotatable bonds is 5. The molecule has 4 saturated carbocycles. The number of benzene rings is 1. The van der Waals surface area contributed by atoms with Gasteiger partial charge in [0.25, 0.3) is 0 Å². The smallest absolute Gasteiger partial charge is 0.461 e. The predicted molar refractivity (Wildman–Crippen MR) is 143 cm³/mol. The van der Waals surface area contributed by atoms with Crippen molar-refractivity contribution in [2.75, 3.05) is 6.54 Å². The number of esters is 1. The van der Waals surface area contributed by atoms with Crippen molar-refractivity contribution in [3.63, 3.8) is 0 Å².